The summed E-state index contributed by atoms with van der Waals surface area (Å²) in [5.74, 6) is 1.98. The highest BCUT2D eigenvalue weighted by Crippen LogP contribution is 2.26. The van der Waals surface area contributed by atoms with Crippen molar-refractivity contribution in [1.29, 1.82) is 0 Å². The molecule has 1 rings (SSSR count). The number of ether oxygens (including phenoxy) is 1. The quantitative estimate of drug-likeness (QED) is 0.801. The Bertz CT molecular complexity index is 301. The summed E-state index contributed by atoms with van der Waals surface area (Å²) in [5, 5.41) is 7.51. The van der Waals surface area contributed by atoms with Crippen LogP contribution in [0.5, 0.6) is 5.75 Å². The molecule has 0 fully saturated rings. The molecule has 4 nitrogen and oxygen atoms in total. The maximum absolute atomic E-state index is 5.30. The van der Waals surface area contributed by atoms with Gasteiger partial charge in [0.05, 0.1) is 25.0 Å². The molecule has 0 spiro atoms. The fraction of sp³-hybridized carbons (Fsp3) is 0.700. The number of aromatic nitrogens is 2. The Hall–Kier alpha value is -0.680. The number of methoxy groups -OCH3 is 1. The Morgan fingerprint density at radius 3 is 2.93 bits per heavy atom. The van der Waals surface area contributed by atoms with Gasteiger partial charge < -0.3 is 10.1 Å². The molecular weight excluding hydrogens is 210 g/mol. The Labute approximate surface area is 95.4 Å². The molecule has 0 saturated heterocycles. The van der Waals surface area contributed by atoms with Gasteiger partial charge in [0.1, 0.15) is 0 Å². The Kier molecular flexibility index (Phi) is 4.98. The fourth-order valence-electron chi connectivity index (χ4n) is 1.63. The highest BCUT2D eigenvalue weighted by molar-refractivity contribution is 7.98. The van der Waals surface area contributed by atoms with Gasteiger partial charge in [0.2, 0.25) is 0 Å². The van der Waals surface area contributed by atoms with Gasteiger partial charge in [-0.25, -0.2) is 0 Å². The molecule has 1 aromatic heterocycles. The molecule has 0 aliphatic heterocycles. The lowest BCUT2D eigenvalue weighted by atomic mass is 10.1. The lowest BCUT2D eigenvalue weighted by Crippen LogP contribution is -2.20. The van der Waals surface area contributed by atoms with E-state index >= 15 is 0 Å². The number of hydrogen-bond acceptors (Lipinski definition) is 4. The molecule has 5 heteroatoms. The van der Waals surface area contributed by atoms with Crippen LogP contribution in [0.25, 0.3) is 0 Å². The molecule has 15 heavy (non-hydrogen) atoms. The lowest BCUT2D eigenvalue weighted by Gasteiger charge is -2.17. The second kappa shape index (κ2) is 6.02. The normalized spacial score (nSPS) is 12.8. The van der Waals surface area contributed by atoms with E-state index in [2.05, 4.69) is 16.7 Å². The van der Waals surface area contributed by atoms with Crippen LogP contribution in [0.1, 0.15) is 18.2 Å². The topological polar surface area (TPSA) is 39.1 Å². The van der Waals surface area contributed by atoms with Crippen LogP contribution < -0.4 is 10.1 Å². The first-order chi connectivity index (χ1) is 7.24. The van der Waals surface area contributed by atoms with Crippen molar-refractivity contribution in [2.75, 3.05) is 26.2 Å². The second-order valence-corrected chi connectivity index (χ2v) is 4.33. The molecule has 0 bridgehead atoms. The van der Waals surface area contributed by atoms with Crippen molar-refractivity contribution in [3.63, 3.8) is 0 Å². The number of aryl methyl sites for hydroxylation is 1. The van der Waals surface area contributed by atoms with E-state index in [4.69, 9.17) is 4.74 Å². The predicted molar refractivity (Wildman–Crippen MR) is 64.6 cm³/mol. The van der Waals surface area contributed by atoms with Gasteiger partial charge in [-0.3, -0.25) is 4.68 Å². The smallest absolute Gasteiger partial charge is 0.161 e. The van der Waals surface area contributed by atoms with Crippen molar-refractivity contribution in [3.05, 3.63) is 11.9 Å². The monoisotopic (exact) mass is 229 g/mol. The molecule has 0 amide bonds. The van der Waals surface area contributed by atoms with Crippen LogP contribution in [0.4, 0.5) is 0 Å². The SMILES string of the molecule is CNC(CCSC)c1c(OC)cnn1C. The van der Waals surface area contributed by atoms with Crippen LogP contribution in [0.3, 0.4) is 0 Å². The second-order valence-electron chi connectivity index (χ2n) is 3.34. The van der Waals surface area contributed by atoms with Crippen molar-refractivity contribution in [1.82, 2.24) is 15.1 Å². The van der Waals surface area contributed by atoms with Crippen molar-refractivity contribution >= 4 is 11.8 Å². The van der Waals surface area contributed by atoms with Crippen LogP contribution in [0, 0.1) is 0 Å². The van der Waals surface area contributed by atoms with Crippen LogP contribution in [0.2, 0.25) is 0 Å². The van der Waals surface area contributed by atoms with E-state index in [-0.39, 0.29) is 0 Å². The summed E-state index contributed by atoms with van der Waals surface area (Å²) in [6.45, 7) is 0. The van der Waals surface area contributed by atoms with Gasteiger partial charge in [-0.05, 0) is 25.5 Å². The van der Waals surface area contributed by atoms with Crippen molar-refractivity contribution < 1.29 is 4.74 Å². The van der Waals surface area contributed by atoms with Crippen molar-refractivity contribution in [2.24, 2.45) is 7.05 Å². The number of nitrogens with one attached hydrogen (secondary N) is 1. The van der Waals surface area contributed by atoms with E-state index in [1.54, 1.807) is 13.3 Å². The zero-order chi connectivity index (χ0) is 11.3. The van der Waals surface area contributed by atoms with Crippen LogP contribution in [-0.4, -0.2) is 35.9 Å². The van der Waals surface area contributed by atoms with E-state index in [1.165, 1.54) is 0 Å². The summed E-state index contributed by atoms with van der Waals surface area (Å²) < 4.78 is 7.17. The highest BCUT2D eigenvalue weighted by atomic mass is 32.2. The number of nitrogens with zero attached hydrogens (tertiary/aromatic N) is 2. The van der Waals surface area contributed by atoms with Gasteiger partial charge >= 0.3 is 0 Å². The van der Waals surface area contributed by atoms with E-state index in [0.29, 0.717) is 6.04 Å². The third-order valence-electron chi connectivity index (χ3n) is 2.46. The van der Waals surface area contributed by atoms with Crippen molar-refractivity contribution in [2.45, 2.75) is 12.5 Å². The lowest BCUT2D eigenvalue weighted by molar-refractivity contribution is 0.396. The summed E-state index contributed by atoms with van der Waals surface area (Å²) in [4.78, 5) is 0. The first-order valence-corrected chi connectivity index (χ1v) is 6.36. The number of thioether (sulfide) groups is 1. The largest absolute Gasteiger partial charge is 0.493 e. The molecular formula is C10H19N3OS. The summed E-state index contributed by atoms with van der Waals surface area (Å²) in [6, 6.07) is 0.305. The minimum absolute atomic E-state index is 0.305. The van der Waals surface area contributed by atoms with E-state index in [1.807, 2.05) is 30.5 Å². The van der Waals surface area contributed by atoms with Gasteiger partial charge in [-0.1, -0.05) is 0 Å². The molecule has 0 aliphatic carbocycles. The number of rotatable bonds is 6. The molecule has 0 aliphatic rings. The Morgan fingerprint density at radius 2 is 2.40 bits per heavy atom. The van der Waals surface area contributed by atoms with E-state index in [0.717, 1.165) is 23.6 Å². The summed E-state index contributed by atoms with van der Waals surface area (Å²) in [7, 11) is 5.60. The van der Waals surface area contributed by atoms with Crippen molar-refractivity contribution in [3.8, 4) is 5.75 Å². The van der Waals surface area contributed by atoms with Gasteiger partial charge in [0, 0.05) is 7.05 Å². The summed E-state index contributed by atoms with van der Waals surface area (Å²) in [6.07, 6.45) is 4.96. The average molecular weight is 229 g/mol. The Balaban J connectivity index is 2.84. The minimum Gasteiger partial charge on any atom is -0.493 e. The van der Waals surface area contributed by atoms with Gasteiger partial charge in [-0.15, -0.1) is 0 Å². The molecule has 0 radical (unpaired) electrons. The molecule has 1 N–H and O–H groups in total. The third kappa shape index (κ3) is 2.89. The predicted octanol–water partition coefficient (Wildman–Crippen LogP) is 1.44. The minimum atomic E-state index is 0.305. The van der Waals surface area contributed by atoms with Crippen LogP contribution >= 0.6 is 11.8 Å². The Morgan fingerprint density at radius 1 is 1.67 bits per heavy atom. The molecule has 86 valence electrons. The first-order valence-electron chi connectivity index (χ1n) is 4.96. The zero-order valence-electron chi connectivity index (χ0n) is 9.78. The average Bonchev–Trinajstić information content (AvgIpc) is 2.62. The summed E-state index contributed by atoms with van der Waals surface area (Å²) >= 11 is 1.85. The maximum Gasteiger partial charge on any atom is 0.161 e. The third-order valence-corrected chi connectivity index (χ3v) is 3.10. The van der Waals surface area contributed by atoms with Gasteiger partial charge in [0.25, 0.3) is 0 Å². The molecule has 0 aromatic carbocycles. The van der Waals surface area contributed by atoms with Crippen LogP contribution in [0.15, 0.2) is 6.20 Å². The zero-order valence-corrected chi connectivity index (χ0v) is 10.6. The van der Waals surface area contributed by atoms with Gasteiger partial charge in [-0.2, -0.15) is 16.9 Å². The molecule has 1 aromatic rings. The standard InChI is InChI=1S/C10H19N3OS/c1-11-8(5-6-15-4)10-9(14-3)7-12-13(10)2/h7-8,11H,5-6H2,1-4H3. The van der Waals surface area contributed by atoms with Gasteiger partial charge in [0.15, 0.2) is 5.75 Å². The fourth-order valence-corrected chi connectivity index (χ4v) is 2.11. The molecule has 1 heterocycles. The molecule has 0 saturated carbocycles. The van der Waals surface area contributed by atoms with Crippen LogP contribution in [-0.2, 0) is 7.05 Å². The molecule has 1 atom stereocenters. The highest BCUT2D eigenvalue weighted by Gasteiger charge is 2.18. The van der Waals surface area contributed by atoms with E-state index in [9.17, 15) is 0 Å². The first kappa shape index (κ1) is 12.4. The molecule has 1 unspecified atom stereocenters. The number of hydrogen-bond donors (Lipinski definition) is 1. The maximum atomic E-state index is 5.30. The summed E-state index contributed by atoms with van der Waals surface area (Å²) in [5.41, 5.74) is 1.12. The van der Waals surface area contributed by atoms with E-state index < -0.39 is 0 Å².